The summed E-state index contributed by atoms with van der Waals surface area (Å²) >= 11 is 0. The molecule has 0 unspecified atom stereocenters. The first kappa shape index (κ1) is 21.9. The highest BCUT2D eigenvalue weighted by Crippen LogP contribution is 2.37. The van der Waals surface area contributed by atoms with E-state index in [1.165, 1.54) is 0 Å². The Morgan fingerprint density at radius 3 is 2.71 bits per heavy atom. The Balaban J connectivity index is 1.36. The molecule has 3 heterocycles. The van der Waals surface area contributed by atoms with Crippen LogP contribution in [0, 0.1) is 0 Å². The van der Waals surface area contributed by atoms with Gasteiger partial charge >= 0.3 is 13.1 Å². The van der Waals surface area contributed by atoms with Crippen molar-refractivity contribution in [2.24, 2.45) is 5.73 Å². The van der Waals surface area contributed by atoms with Gasteiger partial charge in [-0.15, -0.1) is 0 Å². The standard InChI is InChI=1S/C20H28BN3O7/c1-20(22,19(27)24-6-8-29-9-7-24)12-23-10-14(11-23)30-15-3-2-13-4-5-21(28)31-17(13)16(15)18(25)26/h2-3,14,28H,4-12,22H2,1H3,(H,25,26)/t20-/m1/s1. The number of amides is 1. The molecule has 4 rings (SSSR count). The molecule has 0 aliphatic carbocycles. The van der Waals surface area contributed by atoms with Gasteiger partial charge in [0, 0.05) is 32.7 Å². The number of fused-ring (bicyclic) bond motifs is 1. The normalized spacial score (nSPS) is 21.5. The highest BCUT2D eigenvalue weighted by Gasteiger charge is 2.40. The van der Waals surface area contributed by atoms with E-state index in [4.69, 9.17) is 19.9 Å². The Labute approximate surface area is 181 Å². The van der Waals surface area contributed by atoms with Gasteiger partial charge in [0.2, 0.25) is 5.91 Å². The van der Waals surface area contributed by atoms with E-state index in [2.05, 4.69) is 0 Å². The Kier molecular flexibility index (Phi) is 6.11. The van der Waals surface area contributed by atoms with E-state index in [0.717, 1.165) is 5.56 Å². The van der Waals surface area contributed by atoms with E-state index in [0.29, 0.717) is 58.7 Å². The van der Waals surface area contributed by atoms with Crippen LogP contribution in [0.1, 0.15) is 22.8 Å². The molecule has 2 fully saturated rings. The number of carboxylic acid groups (broad SMARTS) is 1. The predicted octanol–water partition coefficient (Wildman–Crippen LogP) is -0.561. The highest BCUT2D eigenvalue weighted by molar-refractivity contribution is 6.44. The number of carbonyl (C=O) groups is 2. The van der Waals surface area contributed by atoms with Gasteiger partial charge in [-0.2, -0.15) is 0 Å². The highest BCUT2D eigenvalue weighted by atomic mass is 16.5. The molecule has 10 nitrogen and oxygen atoms in total. The molecule has 1 amide bonds. The van der Waals surface area contributed by atoms with Gasteiger partial charge < -0.3 is 34.9 Å². The molecule has 0 radical (unpaired) electrons. The quantitative estimate of drug-likeness (QED) is 0.505. The second-order valence-electron chi connectivity index (χ2n) is 8.60. The summed E-state index contributed by atoms with van der Waals surface area (Å²) in [7, 11) is -1.02. The number of hydrogen-bond donors (Lipinski definition) is 3. The molecule has 4 N–H and O–H groups in total. The smallest absolute Gasteiger partial charge is 0.522 e. The predicted molar refractivity (Wildman–Crippen MR) is 111 cm³/mol. The van der Waals surface area contributed by atoms with E-state index in [1.54, 1.807) is 24.0 Å². The number of morpholine rings is 1. The van der Waals surface area contributed by atoms with Crippen LogP contribution in [0.2, 0.25) is 6.32 Å². The minimum Gasteiger partial charge on any atom is -0.535 e. The first-order valence-corrected chi connectivity index (χ1v) is 10.5. The van der Waals surface area contributed by atoms with Gasteiger partial charge in [-0.3, -0.25) is 9.69 Å². The summed E-state index contributed by atoms with van der Waals surface area (Å²) in [4.78, 5) is 28.3. The molecule has 1 aromatic rings. The Morgan fingerprint density at radius 1 is 1.32 bits per heavy atom. The van der Waals surface area contributed by atoms with Crippen LogP contribution in [0.4, 0.5) is 0 Å². The molecule has 0 aromatic heterocycles. The lowest BCUT2D eigenvalue weighted by atomic mass is 9.78. The third kappa shape index (κ3) is 4.64. The number of aromatic carboxylic acids is 1. The fraction of sp³-hybridized carbons (Fsp3) is 0.600. The van der Waals surface area contributed by atoms with Crippen molar-refractivity contribution in [2.75, 3.05) is 45.9 Å². The minimum absolute atomic E-state index is 0.0686. The van der Waals surface area contributed by atoms with Crippen molar-refractivity contribution in [3.8, 4) is 11.5 Å². The van der Waals surface area contributed by atoms with Gasteiger partial charge in [0.05, 0.1) is 13.2 Å². The topological polar surface area (TPSA) is 135 Å². The van der Waals surface area contributed by atoms with E-state index in [9.17, 15) is 19.7 Å². The zero-order valence-electron chi connectivity index (χ0n) is 17.6. The first-order chi connectivity index (χ1) is 14.7. The summed E-state index contributed by atoms with van der Waals surface area (Å²) in [6.45, 7) is 5.31. The van der Waals surface area contributed by atoms with Crippen LogP contribution >= 0.6 is 0 Å². The summed E-state index contributed by atoms with van der Waals surface area (Å²) in [6, 6.07) is 3.42. The number of carbonyl (C=O) groups excluding carboxylic acids is 1. The molecule has 0 bridgehead atoms. The number of ether oxygens (including phenoxy) is 2. The largest absolute Gasteiger partial charge is 0.535 e. The van der Waals surface area contributed by atoms with E-state index < -0.39 is 18.6 Å². The average Bonchev–Trinajstić information content (AvgIpc) is 2.71. The molecule has 11 heteroatoms. The molecule has 31 heavy (non-hydrogen) atoms. The van der Waals surface area contributed by atoms with Crippen molar-refractivity contribution in [2.45, 2.75) is 31.3 Å². The lowest BCUT2D eigenvalue weighted by Crippen LogP contribution is -2.65. The maximum Gasteiger partial charge on any atom is 0.522 e. The molecule has 0 saturated carbocycles. The van der Waals surface area contributed by atoms with Gasteiger partial charge in [0.15, 0.2) is 0 Å². The Morgan fingerprint density at radius 2 is 2.03 bits per heavy atom. The van der Waals surface area contributed by atoms with Gasteiger partial charge in [0.1, 0.15) is 28.7 Å². The summed E-state index contributed by atoms with van der Waals surface area (Å²) in [5.41, 5.74) is 5.97. The zero-order valence-corrected chi connectivity index (χ0v) is 17.6. The maximum atomic E-state index is 12.7. The number of likely N-dealkylation sites (tertiary alicyclic amines) is 1. The van der Waals surface area contributed by atoms with Crippen molar-refractivity contribution < 1.29 is 33.8 Å². The fourth-order valence-electron chi connectivity index (χ4n) is 4.28. The first-order valence-electron chi connectivity index (χ1n) is 10.5. The third-order valence-corrected chi connectivity index (χ3v) is 5.89. The van der Waals surface area contributed by atoms with Crippen LogP contribution in [0.25, 0.3) is 0 Å². The van der Waals surface area contributed by atoms with Gasteiger partial charge in [0.25, 0.3) is 0 Å². The lowest BCUT2D eigenvalue weighted by molar-refractivity contribution is -0.142. The SMILES string of the molecule is C[C@@](N)(CN1CC(Oc2ccc3c(c2C(=O)O)OB(O)CC3)C1)C(=O)N1CCOCC1. The van der Waals surface area contributed by atoms with Crippen LogP contribution in [0.5, 0.6) is 11.5 Å². The average molecular weight is 433 g/mol. The second kappa shape index (κ2) is 8.66. The lowest BCUT2D eigenvalue weighted by Gasteiger charge is -2.43. The van der Waals surface area contributed by atoms with E-state index in [-0.39, 0.29) is 29.1 Å². The fourth-order valence-corrected chi connectivity index (χ4v) is 4.28. The Hall–Kier alpha value is -2.34. The number of aryl methyl sites for hydroxylation is 1. The molecular weight excluding hydrogens is 405 g/mol. The Bertz CT molecular complexity index is 853. The summed E-state index contributed by atoms with van der Waals surface area (Å²) in [5.74, 6) is -0.878. The molecule has 2 saturated heterocycles. The summed E-state index contributed by atoms with van der Waals surface area (Å²) < 4.78 is 16.6. The number of benzene rings is 1. The van der Waals surface area contributed by atoms with Crippen LogP contribution in [0.3, 0.4) is 0 Å². The number of nitrogens with two attached hydrogens (primary N) is 1. The van der Waals surface area contributed by atoms with Gasteiger partial charge in [-0.05, 0) is 31.3 Å². The third-order valence-electron chi connectivity index (χ3n) is 5.89. The number of rotatable bonds is 6. The van der Waals surface area contributed by atoms with Crippen LogP contribution in [-0.2, 0) is 16.0 Å². The summed E-state index contributed by atoms with van der Waals surface area (Å²) in [5, 5.41) is 19.4. The maximum absolute atomic E-state index is 12.7. The van der Waals surface area contributed by atoms with Crippen molar-refractivity contribution >= 4 is 19.0 Å². The molecule has 168 valence electrons. The molecule has 1 aromatic carbocycles. The van der Waals surface area contributed by atoms with Crippen molar-refractivity contribution in [3.63, 3.8) is 0 Å². The summed E-state index contributed by atoms with van der Waals surface area (Å²) in [6.07, 6.45) is 0.740. The molecule has 1 atom stereocenters. The monoisotopic (exact) mass is 433 g/mol. The van der Waals surface area contributed by atoms with Gasteiger partial charge in [-0.1, -0.05) is 6.07 Å². The van der Waals surface area contributed by atoms with Crippen molar-refractivity contribution in [1.29, 1.82) is 0 Å². The van der Waals surface area contributed by atoms with Crippen LogP contribution in [0.15, 0.2) is 12.1 Å². The van der Waals surface area contributed by atoms with Gasteiger partial charge in [-0.25, -0.2) is 4.79 Å². The van der Waals surface area contributed by atoms with E-state index >= 15 is 0 Å². The zero-order chi connectivity index (χ0) is 22.2. The van der Waals surface area contributed by atoms with Crippen molar-refractivity contribution in [3.05, 3.63) is 23.3 Å². The van der Waals surface area contributed by atoms with E-state index in [1.807, 2.05) is 4.90 Å². The van der Waals surface area contributed by atoms with Crippen LogP contribution in [-0.4, -0.2) is 96.5 Å². The molecule has 0 spiro atoms. The molecular formula is C20H28BN3O7. The molecule has 3 aliphatic rings. The van der Waals surface area contributed by atoms with Crippen LogP contribution < -0.4 is 15.1 Å². The number of hydrogen-bond acceptors (Lipinski definition) is 8. The minimum atomic E-state index is -1.16. The molecule has 3 aliphatic heterocycles. The second-order valence-corrected chi connectivity index (χ2v) is 8.60. The van der Waals surface area contributed by atoms with Crippen molar-refractivity contribution in [1.82, 2.24) is 9.80 Å². The number of nitrogens with zero attached hydrogens (tertiary/aromatic N) is 2. The number of carboxylic acids is 1.